The second kappa shape index (κ2) is 7.44. The zero-order chi connectivity index (χ0) is 20.6. The van der Waals surface area contributed by atoms with Crippen LogP contribution in [0.3, 0.4) is 0 Å². The standard InChI is InChI=1S/2C12H21N/c2*1-11(2,3)9-7-10(13-8-9)12(4,5)6/h2*7H,8H2,1-6H3. The molecule has 0 saturated heterocycles. The third kappa shape index (κ3) is 6.52. The van der Waals surface area contributed by atoms with Gasteiger partial charge in [-0.2, -0.15) is 0 Å². The fourth-order valence-electron chi connectivity index (χ4n) is 2.67. The fraction of sp³-hybridized carbons (Fsp3) is 0.750. The summed E-state index contributed by atoms with van der Waals surface area (Å²) in [5.74, 6) is 0. The number of allylic oxidation sites excluding steroid dienone is 2. The molecule has 26 heavy (non-hydrogen) atoms. The van der Waals surface area contributed by atoms with Crippen LogP contribution < -0.4 is 0 Å². The van der Waals surface area contributed by atoms with Gasteiger partial charge < -0.3 is 0 Å². The summed E-state index contributed by atoms with van der Waals surface area (Å²) >= 11 is 0. The molecule has 0 unspecified atom stereocenters. The third-order valence-corrected chi connectivity index (χ3v) is 4.92. The van der Waals surface area contributed by atoms with Crippen LogP contribution in [0, 0.1) is 21.7 Å². The zero-order valence-electron chi connectivity index (χ0n) is 19.5. The molecule has 2 aliphatic rings. The predicted octanol–water partition coefficient (Wildman–Crippen LogP) is 6.92. The first kappa shape index (κ1) is 22.9. The monoisotopic (exact) mass is 358 g/mol. The Morgan fingerprint density at radius 2 is 0.769 bits per heavy atom. The average molecular weight is 359 g/mol. The summed E-state index contributed by atoms with van der Waals surface area (Å²) in [7, 11) is 0. The Labute approximate surface area is 163 Å². The number of rotatable bonds is 0. The molecule has 0 spiro atoms. The Hall–Kier alpha value is -1.18. The van der Waals surface area contributed by atoms with E-state index in [4.69, 9.17) is 0 Å². The lowest BCUT2D eigenvalue weighted by molar-refractivity contribution is 0.499. The number of hydrogen-bond acceptors (Lipinski definition) is 2. The minimum absolute atomic E-state index is 0.201. The highest BCUT2D eigenvalue weighted by atomic mass is 14.8. The van der Waals surface area contributed by atoms with E-state index >= 15 is 0 Å². The predicted molar refractivity (Wildman–Crippen MR) is 119 cm³/mol. The van der Waals surface area contributed by atoms with Crippen molar-refractivity contribution in [3.05, 3.63) is 23.3 Å². The quantitative estimate of drug-likeness (QED) is 0.449. The van der Waals surface area contributed by atoms with E-state index in [1.54, 1.807) is 0 Å². The van der Waals surface area contributed by atoms with E-state index in [9.17, 15) is 0 Å². The summed E-state index contributed by atoms with van der Waals surface area (Å²) in [6.07, 6.45) is 4.56. The number of nitrogens with zero attached hydrogens (tertiary/aromatic N) is 2. The van der Waals surface area contributed by atoms with Gasteiger partial charge in [-0.1, -0.05) is 83.1 Å². The molecule has 0 aromatic heterocycles. The molecule has 2 nitrogen and oxygen atoms in total. The largest absolute Gasteiger partial charge is 0.285 e. The SMILES string of the molecule is CC(C)(C)C1=CC(C(C)(C)C)=NC1.CC(C)(C)C1=CC(C(C)(C)C)=NC1. The molecular formula is C24H42N2. The van der Waals surface area contributed by atoms with Gasteiger partial charge in [0.05, 0.1) is 13.1 Å². The highest BCUT2D eigenvalue weighted by Gasteiger charge is 2.27. The highest BCUT2D eigenvalue weighted by molar-refractivity contribution is 6.01. The second-order valence-corrected chi connectivity index (χ2v) is 11.7. The summed E-state index contributed by atoms with van der Waals surface area (Å²) in [6.45, 7) is 28.6. The molecule has 0 aromatic rings. The molecule has 0 aliphatic carbocycles. The topological polar surface area (TPSA) is 24.7 Å². The van der Waals surface area contributed by atoms with Crippen LogP contribution in [-0.4, -0.2) is 24.5 Å². The van der Waals surface area contributed by atoms with Crippen LogP contribution in [0.2, 0.25) is 0 Å². The van der Waals surface area contributed by atoms with Crippen LogP contribution in [0.4, 0.5) is 0 Å². The number of hydrogen-bond donors (Lipinski definition) is 0. The third-order valence-electron chi connectivity index (χ3n) is 4.92. The maximum atomic E-state index is 4.58. The Morgan fingerprint density at radius 3 is 0.885 bits per heavy atom. The van der Waals surface area contributed by atoms with Crippen molar-refractivity contribution in [2.45, 2.75) is 83.1 Å². The van der Waals surface area contributed by atoms with E-state index in [1.807, 2.05) is 0 Å². The Kier molecular flexibility index (Phi) is 6.55. The maximum absolute atomic E-state index is 4.58. The molecule has 0 aromatic carbocycles. The molecule has 148 valence electrons. The van der Waals surface area contributed by atoms with Crippen LogP contribution in [0.5, 0.6) is 0 Å². The summed E-state index contributed by atoms with van der Waals surface area (Å²) in [6, 6.07) is 0. The van der Waals surface area contributed by atoms with E-state index in [2.05, 4.69) is 105 Å². The van der Waals surface area contributed by atoms with E-state index < -0.39 is 0 Å². The molecule has 0 N–H and O–H groups in total. The van der Waals surface area contributed by atoms with E-state index in [0.717, 1.165) is 13.1 Å². The molecular weight excluding hydrogens is 316 g/mol. The molecule has 0 atom stereocenters. The Balaban J connectivity index is 0.000000260. The van der Waals surface area contributed by atoms with Crippen molar-refractivity contribution in [1.82, 2.24) is 0 Å². The highest BCUT2D eigenvalue weighted by Crippen LogP contribution is 2.32. The number of aliphatic imine (C=N–C) groups is 2. The first-order chi connectivity index (χ1) is 11.4. The van der Waals surface area contributed by atoms with Crippen molar-refractivity contribution < 1.29 is 0 Å². The lowest BCUT2D eigenvalue weighted by Gasteiger charge is -2.20. The van der Waals surface area contributed by atoms with Crippen molar-refractivity contribution in [3.8, 4) is 0 Å². The van der Waals surface area contributed by atoms with Gasteiger partial charge in [0, 0.05) is 22.3 Å². The van der Waals surface area contributed by atoms with Gasteiger partial charge in [0.15, 0.2) is 0 Å². The second-order valence-electron chi connectivity index (χ2n) is 11.7. The molecule has 0 fully saturated rings. The summed E-state index contributed by atoms with van der Waals surface area (Å²) < 4.78 is 0. The van der Waals surface area contributed by atoms with Gasteiger partial charge in [-0.05, 0) is 34.1 Å². The first-order valence-electron chi connectivity index (χ1n) is 9.94. The van der Waals surface area contributed by atoms with Crippen LogP contribution in [0.25, 0.3) is 0 Å². The van der Waals surface area contributed by atoms with Crippen molar-refractivity contribution in [2.24, 2.45) is 31.6 Å². The van der Waals surface area contributed by atoms with Crippen LogP contribution in [0.15, 0.2) is 33.3 Å². The van der Waals surface area contributed by atoms with E-state index in [1.165, 1.54) is 22.6 Å². The molecule has 2 heteroatoms. The molecule has 0 bridgehead atoms. The van der Waals surface area contributed by atoms with Gasteiger partial charge in [-0.3, -0.25) is 9.98 Å². The molecule has 0 radical (unpaired) electrons. The summed E-state index contributed by atoms with van der Waals surface area (Å²) in [5, 5.41) is 0. The zero-order valence-corrected chi connectivity index (χ0v) is 19.5. The maximum Gasteiger partial charge on any atom is 0.0611 e. The van der Waals surface area contributed by atoms with Crippen LogP contribution >= 0.6 is 0 Å². The lowest BCUT2D eigenvalue weighted by Crippen LogP contribution is -2.17. The van der Waals surface area contributed by atoms with Crippen LogP contribution in [-0.2, 0) is 0 Å². The van der Waals surface area contributed by atoms with Gasteiger partial charge in [0.25, 0.3) is 0 Å². The lowest BCUT2D eigenvalue weighted by atomic mass is 9.84. The van der Waals surface area contributed by atoms with Gasteiger partial charge in [-0.15, -0.1) is 0 Å². The van der Waals surface area contributed by atoms with Crippen molar-refractivity contribution >= 4 is 11.4 Å². The normalized spacial score (nSPS) is 18.6. The first-order valence-corrected chi connectivity index (χ1v) is 9.94. The van der Waals surface area contributed by atoms with Gasteiger partial charge in [-0.25, -0.2) is 0 Å². The summed E-state index contributed by atoms with van der Waals surface area (Å²) in [5.41, 5.74) is 6.36. The smallest absolute Gasteiger partial charge is 0.0611 e. The van der Waals surface area contributed by atoms with Crippen LogP contribution in [0.1, 0.15) is 83.1 Å². The molecule has 0 amide bonds. The van der Waals surface area contributed by atoms with Gasteiger partial charge in [0.1, 0.15) is 0 Å². The fourth-order valence-corrected chi connectivity index (χ4v) is 2.67. The van der Waals surface area contributed by atoms with Gasteiger partial charge >= 0.3 is 0 Å². The molecule has 2 rings (SSSR count). The Morgan fingerprint density at radius 1 is 0.500 bits per heavy atom. The minimum Gasteiger partial charge on any atom is -0.285 e. The van der Waals surface area contributed by atoms with E-state index in [-0.39, 0.29) is 21.7 Å². The molecule has 2 heterocycles. The summed E-state index contributed by atoms with van der Waals surface area (Å²) in [4.78, 5) is 9.16. The Bertz CT molecular complexity index is 570. The average Bonchev–Trinajstić information content (AvgIpc) is 3.06. The minimum atomic E-state index is 0.201. The van der Waals surface area contributed by atoms with Crippen molar-refractivity contribution in [2.75, 3.05) is 13.1 Å². The van der Waals surface area contributed by atoms with E-state index in [0.29, 0.717) is 0 Å². The van der Waals surface area contributed by atoms with Gasteiger partial charge in [0.2, 0.25) is 0 Å². The van der Waals surface area contributed by atoms with Crippen molar-refractivity contribution in [3.63, 3.8) is 0 Å². The van der Waals surface area contributed by atoms with Crippen molar-refractivity contribution in [1.29, 1.82) is 0 Å². The molecule has 0 saturated carbocycles. The molecule has 2 aliphatic heterocycles.